The highest BCUT2D eigenvalue weighted by molar-refractivity contribution is 5.90. The quantitative estimate of drug-likeness (QED) is 0.603. The van der Waals surface area contributed by atoms with E-state index in [4.69, 9.17) is 0 Å². The second kappa shape index (κ2) is 8.98. The monoisotopic (exact) mass is 364 g/mol. The van der Waals surface area contributed by atoms with Gasteiger partial charge in [0.25, 0.3) is 5.56 Å². The Morgan fingerprint density at radius 1 is 1.07 bits per heavy atom. The minimum atomic E-state index is -0.195. The number of carbonyl (C=O) groups is 1. The maximum Gasteiger partial charge on any atom is 0.272 e. The summed E-state index contributed by atoms with van der Waals surface area (Å²) in [7, 11) is 1.83. The fourth-order valence-electron chi connectivity index (χ4n) is 2.98. The van der Waals surface area contributed by atoms with Crippen LogP contribution in [0.3, 0.4) is 0 Å². The molecule has 0 saturated carbocycles. The Morgan fingerprint density at radius 3 is 2.56 bits per heavy atom. The molecule has 6 nitrogen and oxygen atoms in total. The molecule has 0 fully saturated rings. The van der Waals surface area contributed by atoms with E-state index in [1.807, 2.05) is 55.6 Å². The zero-order valence-corrected chi connectivity index (χ0v) is 15.4. The number of nitrogens with one attached hydrogen (secondary N) is 2. The number of carbonyl (C=O) groups excluding carboxylic acids is 1. The minimum absolute atomic E-state index is 0.145. The summed E-state index contributed by atoms with van der Waals surface area (Å²) in [5.41, 5.74) is 0.983. The maximum absolute atomic E-state index is 12.2. The number of aromatic amines is 1. The van der Waals surface area contributed by atoms with Gasteiger partial charge in [0.2, 0.25) is 5.91 Å². The smallest absolute Gasteiger partial charge is 0.272 e. The molecule has 1 heterocycles. The Morgan fingerprint density at radius 2 is 1.78 bits per heavy atom. The molecular weight excluding hydrogens is 340 g/mol. The summed E-state index contributed by atoms with van der Waals surface area (Å²) < 4.78 is 0. The molecule has 1 aromatic heterocycles. The molecule has 1 amide bonds. The summed E-state index contributed by atoms with van der Waals surface area (Å²) in [6, 6.07) is 17.4. The summed E-state index contributed by atoms with van der Waals surface area (Å²) in [6.07, 6.45) is 2.07. The number of aryl methyl sites for hydroxylation is 1. The Labute approximate surface area is 158 Å². The van der Waals surface area contributed by atoms with Crippen LogP contribution in [0.25, 0.3) is 10.8 Å². The van der Waals surface area contributed by atoms with E-state index in [1.54, 1.807) is 11.0 Å². The minimum Gasteiger partial charge on any atom is -0.368 e. The predicted octanol–water partition coefficient (Wildman–Crippen LogP) is 2.82. The lowest BCUT2D eigenvalue weighted by Gasteiger charge is -2.17. The summed E-state index contributed by atoms with van der Waals surface area (Å²) in [6.45, 7) is 1.33. The van der Waals surface area contributed by atoms with Gasteiger partial charge in [-0.2, -0.15) is 5.10 Å². The number of aromatic nitrogens is 2. The van der Waals surface area contributed by atoms with Crippen LogP contribution < -0.4 is 10.9 Å². The number of rotatable bonds is 8. The molecule has 6 heteroatoms. The maximum atomic E-state index is 12.2. The van der Waals surface area contributed by atoms with Crippen LogP contribution in [-0.2, 0) is 11.2 Å². The van der Waals surface area contributed by atoms with Crippen molar-refractivity contribution < 1.29 is 4.79 Å². The molecule has 3 aromatic rings. The number of anilines is 1. The van der Waals surface area contributed by atoms with Crippen molar-refractivity contribution in [2.45, 2.75) is 19.3 Å². The van der Waals surface area contributed by atoms with Crippen LogP contribution in [0.2, 0.25) is 0 Å². The van der Waals surface area contributed by atoms with Gasteiger partial charge in [-0.05, 0) is 24.5 Å². The van der Waals surface area contributed by atoms with Gasteiger partial charge >= 0.3 is 0 Å². The molecule has 0 saturated heterocycles. The van der Waals surface area contributed by atoms with Gasteiger partial charge in [0.05, 0.1) is 5.39 Å². The molecule has 0 aliphatic heterocycles. The number of amides is 1. The molecule has 0 aliphatic rings. The molecule has 140 valence electrons. The van der Waals surface area contributed by atoms with E-state index in [9.17, 15) is 9.59 Å². The number of nitrogens with zero attached hydrogens (tertiary/aromatic N) is 2. The van der Waals surface area contributed by atoms with E-state index in [0.717, 1.165) is 18.2 Å². The molecule has 0 spiro atoms. The van der Waals surface area contributed by atoms with Crippen LogP contribution in [0.4, 0.5) is 5.82 Å². The molecule has 2 N–H and O–H groups in total. The number of benzene rings is 2. The van der Waals surface area contributed by atoms with Gasteiger partial charge < -0.3 is 10.2 Å². The van der Waals surface area contributed by atoms with Crippen LogP contribution in [0.5, 0.6) is 0 Å². The van der Waals surface area contributed by atoms with E-state index in [0.29, 0.717) is 30.7 Å². The number of fused-ring (bicyclic) bond motifs is 1. The lowest BCUT2D eigenvalue weighted by molar-refractivity contribution is -0.129. The van der Waals surface area contributed by atoms with Crippen molar-refractivity contribution in [2.75, 3.05) is 25.5 Å². The Kier molecular flexibility index (Phi) is 6.20. The average molecular weight is 364 g/mol. The molecule has 3 rings (SSSR count). The normalized spacial score (nSPS) is 10.7. The summed E-state index contributed by atoms with van der Waals surface area (Å²) >= 11 is 0. The summed E-state index contributed by atoms with van der Waals surface area (Å²) in [4.78, 5) is 25.8. The molecular formula is C21H24N4O2. The molecule has 0 aliphatic carbocycles. The van der Waals surface area contributed by atoms with E-state index in [2.05, 4.69) is 15.5 Å². The molecule has 27 heavy (non-hydrogen) atoms. The SMILES string of the molecule is CN(CCCNc1n[nH]c(=O)c2ccccc12)C(=O)CCc1ccccc1. The molecule has 2 aromatic carbocycles. The molecule has 0 radical (unpaired) electrons. The van der Waals surface area contributed by atoms with E-state index in [-0.39, 0.29) is 11.5 Å². The zero-order valence-electron chi connectivity index (χ0n) is 15.4. The van der Waals surface area contributed by atoms with Crippen LogP contribution >= 0.6 is 0 Å². The number of hydrogen-bond acceptors (Lipinski definition) is 4. The first-order valence-electron chi connectivity index (χ1n) is 9.14. The average Bonchev–Trinajstić information content (AvgIpc) is 2.71. The molecule has 0 atom stereocenters. The zero-order chi connectivity index (χ0) is 19.1. The van der Waals surface area contributed by atoms with Crippen molar-refractivity contribution >= 4 is 22.5 Å². The van der Waals surface area contributed by atoms with Gasteiger partial charge in [0, 0.05) is 31.9 Å². The first-order valence-corrected chi connectivity index (χ1v) is 9.14. The highest BCUT2D eigenvalue weighted by Gasteiger charge is 2.09. The second-order valence-corrected chi connectivity index (χ2v) is 6.53. The van der Waals surface area contributed by atoms with Crippen LogP contribution in [0, 0.1) is 0 Å². The third-order valence-corrected chi connectivity index (χ3v) is 4.55. The fraction of sp³-hybridized carbons (Fsp3) is 0.286. The highest BCUT2D eigenvalue weighted by atomic mass is 16.2. The van der Waals surface area contributed by atoms with Crippen molar-refractivity contribution in [3.05, 3.63) is 70.5 Å². The third kappa shape index (κ3) is 4.94. The van der Waals surface area contributed by atoms with Gasteiger partial charge in [-0.15, -0.1) is 0 Å². The Balaban J connectivity index is 1.45. The van der Waals surface area contributed by atoms with Gasteiger partial charge in [0.1, 0.15) is 0 Å². The Bertz CT molecular complexity index is 953. The van der Waals surface area contributed by atoms with Crippen molar-refractivity contribution in [3.63, 3.8) is 0 Å². The summed E-state index contributed by atoms with van der Waals surface area (Å²) in [5, 5.41) is 11.3. The first kappa shape index (κ1) is 18.6. The lowest BCUT2D eigenvalue weighted by atomic mass is 10.1. The van der Waals surface area contributed by atoms with E-state index >= 15 is 0 Å². The Hall–Kier alpha value is -3.15. The number of H-pyrrole nitrogens is 1. The van der Waals surface area contributed by atoms with Crippen LogP contribution in [0.15, 0.2) is 59.4 Å². The second-order valence-electron chi connectivity index (χ2n) is 6.53. The van der Waals surface area contributed by atoms with Gasteiger partial charge in [-0.1, -0.05) is 48.5 Å². The predicted molar refractivity (Wildman–Crippen MR) is 108 cm³/mol. The van der Waals surface area contributed by atoms with Gasteiger partial charge in [0.15, 0.2) is 5.82 Å². The highest BCUT2D eigenvalue weighted by Crippen LogP contribution is 2.16. The van der Waals surface area contributed by atoms with Crippen LogP contribution in [-0.4, -0.2) is 41.1 Å². The summed E-state index contributed by atoms with van der Waals surface area (Å²) in [5.74, 6) is 0.801. The largest absolute Gasteiger partial charge is 0.368 e. The molecule has 0 unspecified atom stereocenters. The van der Waals surface area contributed by atoms with Crippen molar-refractivity contribution in [1.29, 1.82) is 0 Å². The van der Waals surface area contributed by atoms with E-state index < -0.39 is 0 Å². The van der Waals surface area contributed by atoms with Crippen molar-refractivity contribution in [1.82, 2.24) is 15.1 Å². The topological polar surface area (TPSA) is 78.1 Å². The standard InChI is InChI=1S/C21H24N4O2/c1-25(19(26)13-12-16-8-3-2-4-9-16)15-7-14-22-20-17-10-5-6-11-18(17)21(27)24-23-20/h2-6,8-11H,7,12-15H2,1H3,(H,22,23)(H,24,27). The van der Waals surface area contributed by atoms with Gasteiger partial charge in [-0.3, -0.25) is 9.59 Å². The fourth-order valence-corrected chi connectivity index (χ4v) is 2.98. The van der Waals surface area contributed by atoms with Gasteiger partial charge in [-0.25, -0.2) is 5.10 Å². The third-order valence-electron chi connectivity index (χ3n) is 4.55. The number of hydrogen-bond donors (Lipinski definition) is 2. The van der Waals surface area contributed by atoms with E-state index in [1.165, 1.54) is 5.56 Å². The molecule has 0 bridgehead atoms. The first-order chi connectivity index (χ1) is 13.1. The van der Waals surface area contributed by atoms with Crippen molar-refractivity contribution in [3.8, 4) is 0 Å². The lowest BCUT2D eigenvalue weighted by Crippen LogP contribution is -2.29. The van der Waals surface area contributed by atoms with Crippen LogP contribution in [0.1, 0.15) is 18.4 Å². The van der Waals surface area contributed by atoms with Crippen molar-refractivity contribution in [2.24, 2.45) is 0 Å².